The van der Waals surface area contributed by atoms with Crippen LogP contribution in [0.15, 0.2) is 341 Å². The summed E-state index contributed by atoms with van der Waals surface area (Å²) in [5.74, 6) is -1.50. The number of rotatable bonds is 19. The first kappa shape index (κ1) is 93.3. The fourth-order valence-electron chi connectivity index (χ4n) is 14.0. The van der Waals surface area contributed by atoms with E-state index in [0.717, 1.165) is 72.5 Å². The number of imidazole rings is 1. The average molecular weight is 1730 g/mol. The Bertz CT molecular complexity index is 7230. The van der Waals surface area contributed by atoms with Gasteiger partial charge in [-0.3, -0.25) is 24.2 Å². The van der Waals surface area contributed by atoms with Crippen LogP contribution < -0.4 is 48.7 Å². The van der Waals surface area contributed by atoms with E-state index in [1.165, 1.54) is 11.1 Å². The van der Waals surface area contributed by atoms with E-state index in [1.54, 1.807) is 57.2 Å². The van der Waals surface area contributed by atoms with Crippen molar-refractivity contribution in [2.24, 2.45) is 0 Å². The van der Waals surface area contributed by atoms with Crippen LogP contribution in [0.2, 0.25) is 0 Å². The van der Waals surface area contributed by atoms with Gasteiger partial charge < -0.3 is 69.2 Å². The van der Waals surface area contributed by atoms with E-state index in [-0.39, 0.29) is 78.5 Å². The number of esters is 3. The molecule has 25 nitrogen and oxygen atoms in total. The Balaban J connectivity index is 0.000000150. The van der Waals surface area contributed by atoms with Crippen molar-refractivity contribution >= 4 is 163 Å². The van der Waals surface area contributed by atoms with Gasteiger partial charge in [0.05, 0.1) is 80.5 Å². The molecule has 0 aliphatic rings. The molecule has 1 atom stereocenters. The summed E-state index contributed by atoms with van der Waals surface area (Å²) in [7, 11) is 0. The van der Waals surface area contributed by atoms with Gasteiger partial charge in [-0.15, -0.1) is 0 Å². The third-order valence-electron chi connectivity index (χ3n) is 20.2. The Labute approximate surface area is 741 Å². The number of pyridine rings is 5. The van der Waals surface area contributed by atoms with Gasteiger partial charge in [-0.05, 0) is 168 Å². The fraction of sp³-hybridized carbons (Fsp3) is 0.144. The summed E-state index contributed by atoms with van der Waals surface area (Å²) in [6, 6.07) is 82.5. The molecular weight excluding hydrogens is 1630 g/mol. The van der Waals surface area contributed by atoms with Gasteiger partial charge in [0.25, 0.3) is 0 Å². The second kappa shape index (κ2) is 44.8. The Morgan fingerprint density at radius 2 is 0.829 bits per heavy atom. The maximum Gasteiger partial charge on any atom is 0.333 e. The molecule has 4 amide bonds. The highest BCUT2D eigenvalue weighted by Crippen LogP contribution is 2.27. The normalized spacial score (nSPS) is 10.8. The lowest BCUT2D eigenvalue weighted by atomic mass is 10.0. The van der Waals surface area contributed by atoms with E-state index in [4.69, 9.17) is 14.2 Å². The van der Waals surface area contributed by atoms with E-state index in [9.17, 15) is 53.1 Å². The van der Waals surface area contributed by atoms with Crippen molar-refractivity contribution in [3.63, 3.8) is 0 Å². The number of hydrogen-bond donors (Lipinski definition) is 8. The van der Waals surface area contributed by atoms with Crippen LogP contribution in [0.25, 0.3) is 121 Å². The van der Waals surface area contributed by atoms with Gasteiger partial charge in [0.1, 0.15) is 25.9 Å². The molecule has 0 radical (unpaired) electrons. The molecule has 8 N–H and O–H groups in total. The van der Waals surface area contributed by atoms with Crippen LogP contribution in [0.3, 0.4) is 0 Å². The number of benzene rings is 11. The zero-order valence-corrected chi connectivity index (χ0v) is 72.4. The van der Waals surface area contributed by atoms with E-state index in [1.807, 2.05) is 261 Å². The molecule has 11 aromatic carbocycles. The number of H-pyrrole nitrogens is 3. The van der Waals surface area contributed by atoms with Crippen LogP contribution in [-0.2, 0) is 48.2 Å². The lowest BCUT2D eigenvalue weighted by Gasteiger charge is -2.18. The van der Waals surface area contributed by atoms with Crippen LogP contribution in [0.4, 0.5) is 21.0 Å². The number of nitrogens with zero attached hydrogens (tertiary/aromatic N) is 4. The number of anilines is 2. The standard InChI is InChI=1S/C22H16N2O2.C20H19NO4.C17H19N3O3.C15H13NO.C14H16N4O4.2C8H8/c1-2-24-19-10-6-4-8-14(19)22(26)16-11-18-15(12-20(16)24)21(25)13-7-3-5-9-17(13)23-18;1-13(2)20(24)25-12-14(22)11-21-17-9-5-3-7-15(17)19(23)16-8-4-6-10-18(16)21;1-11(2)16(21)23-10-9-18-17(22)20-14-6-4-5-13-8-7-12(3)19-15(13)14;1-2-16-13-9-5-3-7-11(13)15(17)12-8-4-6-10-14(12)16;1-8(2)12(19)22-6-5-15-13(20)16-9-3-4-10-11(7-9)18-14(21)17-10;2*1-2-8-6-4-3-5-7-8/h3-12H,2H2,1H3,(H,23,25);3-10,14,22H,1,11-12H2,2H3;4-8H,1,9-10H2,2-3H3,(H2,18,20,22);3-10H,2H2,1H3;3-4,7H,1,5-6H2,2H3,(H2,15,16,20)(H2,17,18,21);2*2-7H,1H2. The number of aromatic nitrogens is 7. The van der Waals surface area contributed by atoms with Crippen LogP contribution in [-0.4, -0.2) is 108 Å². The quantitative estimate of drug-likeness (QED) is 0.0123. The maximum atomic E-state index is 13.0. The Morgan fingerprint density at radius 3 is 1.30 bits per heavy atom. The van der Waals surface area contributed by atoms with Crippen LogP contribution in [0.1, 0.15) is 51.4 Å². The van der Waals surface area contributed by atoms with E-state index >= 15 is 0 Å². The molecule has 6 heterocycles. The molecule has 0 aliphatic heterocycles. The minimum atomic E-state index is -0.905. The molecular formula is C104H99N11O14. The van der Waals surface area contributed by atoms with Crippen molar-refractivity contribution < 1.29 is 43.3 Å². The molecule has 6 aromatic heterocycles. The number of hydrogen-bond acceptors (Lipinski definition) is 15. The van der Waals surface area contributed by atoms with Crippen molar-refractivity contribution in [3.8, 4) is 0 Å². The number of fused-ring (bicyclic) bond motifs is 10. The molecule has 0 spiro atoms. The number of aliphatic hydroxyl groups excluding tert-OH is 1. The molecule has 17 rings (SSSR count). The Kier molecular flexibility index (Phi) is 32.4. The predicted octanol–water partition coefficient (Wildman–Crippen LogP) is 18.5. The first-order valence-electron chi connectivity index (χ1n) is 41.5. The number of carbonyl (C=O) groups is 5. The second-order valence-electron chi connectivity index (χ2n) is 29.6. The van der Waals surface area contributed by atoms with Crippen LogP contribution in [0.5, 0.6) is 0 Å². The van der Waals surface area contributed by atoms with Crippen molar-refractivity contribution in [3.05, 3.63) is 385 Å². The summed E-state index contributed by atoms with van der Waals surface area (Å²) in [6.45, 7) is 30.6. The summed E-state index contributed by atoms with van der Waals surface area (Å²) in [6.07, 6.45) is 2.76. The highest BCUT2D eigenvalue weighted by Gasteiger charge is 2.19. The number of urea groups is 2. The monoisotopic (exact) mass is 1730 g/mol. The van der Waals surface area contributed by atoms with Crippen LogP contribution in [0, 0.1) is 6.92 Å². The van der Waals surface area contributed by atoms with Crippen molar-refractivity contribution in [2.75, 3.05) is 43.5 Å². The number of carbonyl (C=O) groups excluding carboxylic acids is 5. The minimum Gasteiger partial charge on any atom is -0.460 e. The van der Waals surface area contributed by atoms with Gasteiger partial charge in [-0.1, -0.05) is 197 Å². The average Bonchev–Trinajstić information content (AvgIpc) is 1.35. The molecule has 17 aromatic rings. The third-order valence-corrected chi connectivity index (χ3v) is 20.2. The highest BCUT2D eigenvalue weighted by molar-refractivity contribution is 6.04. The number of aromatic amines is 3. The maximum absolute atomic E-state index is 13.0. The van der Waals surface area contributed by atoms with Gasteiger partial charge in [0, 0.05) is 95.2 Å². The number of aliphatic hydroxyl groups is 1. The Hall–Kier alpha value is -16.4. The largest absolute Gasteiger partial charge is 0.460 e. The molecule has 0 saturated carbocycles. The lowest BCUT2D eigenvalue weighted by Crippen LogP contribution is -2.32. The number of ether oxygens (including phenoxy) is 3. The third kappa shape index (κ3) is 23.9. The lowest BCUT2D eigenvalue weighted by molar-refractivity contribution is -0.142. The Morgan fingerprint density at radius 1 is 0.411 bits per heavy atom. The van der Waals surface area contributed by atoms with Gasteiger partial charge >= 0.3 is 35.7 Å². The summed E-state index contributed by atoms with van der Waals surface area (Å²) in [5.41, 5.74) is 13.7. The molecule has 129 heavy (non-hydrogen) atoms. The molecule has 0 bridgehead atoms. The molecule has 25 heteroatoms. The van der Waals surface area contributed by atoms with E-state index in [2.05, 4.69) is 90.2 Å². The summed E-state index contributed by atoms with van der Waals surface area (Å²) < 4.78 is 20.9. The number of para-hydroxylation sites is 7. The van der Waals surface area contributed by atoms with Gasteiger partial charge in [0.2, 0.25) is 0 Å². The smallest absolute Gasteiger partial charge is 0.333 e. The zero-order chi connectivity index (χ0) is 92.2. The molecule has 0 aliphatic carbocycles. The topological polar surface area (TPSA) is 342 Å². The number of nitrogens with one attached hydrogen (secondary N) is 7. The second-order valence-corrected chi connectivity index (χ2v) is 29.6. The summed E-state index contributed by atoms with van der Waals surface area (Å²) in [4.78, 5) is 133. The molecule has 1 unspecified atom stereocenters. The van der Waals surface area contributed by atoms with Crippen molar-refractivity contribution in [2.45, 2.75) is 67.3 Å². The molecule has 0 saturated heterocycles. The van der Waals surface area contributed by atoms with E-state index in [0.29, 0.717) is 77.9 Å². The SMILES string of the molecule is C=C(C)C(=O)OCC(O)Cn1c2ccccc2c(=O)c2ccccc21.C=C(C)C(=O)OCCNC(=O)Nc1ccc2[nH]c(=O)[nH]c2c1.C=C(C)C(=O)OCCNC(=O)Nc1cccc2ccc(C)nc12.C=Cc1ccccc1.C=Cc1ccccc1.CCn1c2ccccc2c(=O)c2cc3[nH]c4ccccc4c(=O)c3cc21.CCn1c2ccccc2c(=O)c2ccccc21. The van der Waals surface area contributed by atoms with Crippen molar-refractivity contribution in [1.82, 2.24) is 44.3 Å². The number of aryl methyl sites for hydroxylation is 3. The van der Waals surface area contributed by atoms with Crippen molar-refractivity contribution in [1.29, 1.82) is 0 Å². The zero-order valence-electron chi connectivity index (χ0n) is 72.4. The first-order valence-corrected chi connectivity index (χ1v) is 41.5. The first-order chi connectivity index (χ1) is 62.3. The van der Waals surface area contributed by atoms with Gasteiger partial charge in [-0.2, -0.15) is 0 Å². The molecule has 654 valence electrons. The molecule has 0 fully saturated rings. The highest BCUT2D eigenvalue weighted by atomic mass is 16.5. The van der Waals surface area contributed by atoms with Crippen LogP contribution >= 0.6 is 0 Å². The number of amides is 4. The van der Waals surface area contributed by atoms with E-state index < -0.39 is 30.0 Å². The predicted molar refractivity (Wildman–Crippen MR) is 520 cm³/mol. The minimum absolute atomic E-state index is 0.00351. The van der Waals surface area contributed by atoms with Gasteiger partial charge in [-0.25, -0.2) is 28.8 Å². The summed E-state index contributed by atoms with van der Waals surface area (Å²) in [5, 5.41) is 27.2. The summed E-state index contributed by atoms with van der Waals surface area (Å²) >= 11 is 0. The fourth-order valence-corrected chi connectivity index (χ4v) is 14.0. The van der Waals surface area contributed by atoms with Gasteiger partial charge in [0.15, 0.2) is 21.7 Å².